The van der Waals surface area contributed by atoms with Crippen molar-refractivity contribution in [1.29, 1.82) is 0 Å². The average molecular weight is 284 g/mol. The molecule has 0 saturated heterocycles. The average Bonchev–Trinajstić information content (AvgIpc) is 3.00. The molecular formula is C12H10ClNO3S. The molecule has 0 unspecified atom stereocenters. The summed E-state index contributed by atoms with van der Waals surface area (Å²) in [5.74, 6) is -0.569. The summed E-state index contributed by atoms with van der Waals surface area (Å²) in [6.07, 6.45) is 1.95. The minimum atomic E-state index is -1.07. The van der Waals surface area contributed by atoms with E-state index in [1.807, 2.05) is 12.3 Å². The molecule has 0 bridgehead atoms. The zero-order valence-electron chi connectivity index (χ0n) is 9.57. The van der Waals surface area contributed by atoms with Crippen molar-refractivity contribution < 1.29 is 14.3 Å². The number of aromatic nitrogens is 1. The van der Waals surface area contributed by atoms with E-state index in [9.17, 15) is 4.79 Å². The first-order valence-electron chi connectivity index (χ1n) is 5.56. The Balaban J connectivity index is 2.10. The SMILES string of the molecule is Cc1csc(-c2nc(C3CC3)c(C(=O)O)o2)c1Cl. The summed E-state index contributed by atoms with van der Waals surface area (Å²) in [5, 5.41) is 11.6. The molecular weight excluding hydrogens is 274 g/mol. The molecule has 2 heterocycles. The maximum Gasteiger partial charge on any atom is 0.373 e. The van der Waals surface area contributed by atoms with Crippen LogP contribution in [0, 0.1) is 6.92 Å². The molecule has 0 atom stereocenters. The maximum absolute atomic E-state index is 11.1. The van der Waals surface area contributed by atoms with Gasteiger partial charge in [0.1, 0.15) is 4.88 Å². The van der Waals surface area contributed by atoms with Crippen molar-refractivity contribution in [3.05, 3.63) is 27.4 Å². The lowest BCUT2D eigenvalue weighted by Gasteiger charge is -1.91. The van der Waals surface area contributed by atoms with Crippen molar-refractivity contribution in [2.24, 2.45) is 0 Å². The first kappa shape index (κ1) is 11.7. The second-order valence-electron chi connectivity index (χ2n) is 4.37. The molecule has 0 aromatic carbocycles. The Morgan fingerprint density at radius 2 is 2.33 bits per heavy atom. The largest absolute Gasteiger partial charge is 0.475 e. The number of halogens is 1. The summed E-state index contributed by atoms with van der Waals surface area (Å²) in [5.41, 5.74) is 1.50. The smallest absolute Gasteiger partial charge is 0.373 e. The molecule has 94 valence electrons. The molecule has 6 heteroatoms. The minimum Gasteiger partial charge on any atom is -0.475 e. The molecule has 1 aliphatic rings. The van der Waals surface area contributed by atoms with Gasteiger partial charge in [-0.3, -0.25) is 0 Å². The number of hydrogen-bond donors (Lipinski definition) is 1. The lowest BCUT2D eigenvalue weighted by molar-refractivity contribution is 0.0661. The van der Waals surface area contributed by atoms with Gasteiger partial charge in [-0.2, -0.15) is 0 Å². The Kier molecular flexibility index (Phi) is 2.68. The lowest BCUT2D eigenvalue weighted by Crippen LogP contribution is -1.98. The van der Waals surface area contributed by atoms with Gasteiger partial charge in [0.25, 0.3) is 0 Å². The van der Waals surface area contributed by atoms with Crippen LogP contribution in [0.5, 0.6) is 0 Å². The van der Waals surface area contributed by atoms with Gasteiger partial charge in [0.15, 0.2) is 0 Å². The van der Waals surface area contributed by atoms with Crippen molar-refractivity contribution in [3.8, 4) is 10.8 Å². The van der Waals surface area contributed by atoms with Crippen LogP contribution in [0.3, 0.4) is 0 Å². The van der Waals surface area contributed by atoms with Gasteiger partial charge >= 0.3 is 5.97 Å². The van der Waals surface area contributed by atoms with Crippen LogP contribution in [-0.2, 0) is 0 Å². The fourth-order valence-corrected chi connectivity index (χ4v) is 2.99. The van der Waals surface area contributed by atoms with Gasteiger partial charge in [-0.05, 0) is 30.7 Å². The topological polar surface area (TPSA) is 63.3 Å². The number of aryl methyl sites for hydroxylation is 1. The van der Waals surface area contributed by atoms with Crippen molar-refractivity contribution in [3.63, 3.8) is 0 Å². The third kappa shape index (κ3) is 1.83. The molecule has 0 radical (unpaired) electrons. The second-order valence-corrected chi connectivity index (χ2v) is 5.63. The number of nitrogens with zero attached hydrogens (tertiary/aromatic N) is 1. The van der Waals surface area contributed by atoms with E-state index in [1.165, 1.54) is 11.3 Å². The number of rotatable bonds is 3. The predicted molar refractivity (Wildman–Crippen MR) is 68.5 cm³/mol. The van der Waals surface area contributed by atoms with Gasteiger partial charge < -0.3 is 9.52 Å². The van der Waals surface area contributed by atoms with Crippen LogP contribution in [0.2, 0.25) is 5.02 Å². The molecule has 0 spiro atoms. The molecule has 0 amide bonds. The van der Waals surface area contributed by atoms with Crippen LogP contribution in [-0.4, -0.2) is 16.1 Å². The molecule has 1 saturated carbocycles. The van der Waals surface area contributed by atoms with E-state index in [0.29, 0.717) is 21.5 Å². The standard InChI is InChI=1S/C12H10ClNO3S/c1-5-4-18-10(7(5)13)11-14-8(6-2-3-6)9(17-11)12(15)16/h4,6H,2-3H2,1H3,(H,15,16). The van der Waals surface area contributed by atoms with E-state index >= 15 is 0 Å². The summed E-state index contributed by atoms with van der Waals surface area (Å²) in [7, 11) is 0. The van der Waals surface area contributed by atoms with Gasteiger partial charge in [-0.15, -0.1) is 11.3 Å². The van der Waals surface area contributed by atoms with E-state index < -0.39 is 5.97 Å². The fraction of sp³-hybridized carbons (Fsp3) is 0.333. The summed E-state index contributed by atoms with van der Waals surface area (Å²) in [4.78, 5) is 16.1. The van der Waals surface area contributed by atoms with Gasteiger partial charge in [0, 0.05) is 5.92 Å². The van der Waals surface area contributed by atoms with Gasteiger partial charge in [-0.1, -0.05) is 11.6 Å². The van der Waals surface area contributed by atoms with Crippen molar-refractivity contribution in [1.82, 2.24) is 4.98 Å². The Morgan fingerprint density at radius 3 is 2.83 bits per heavy atom. The zero-order valence-corrected chi connectivity index (χ0v) is 11.1. The van der Waals surface area contributed by atoms with Crippen LogP contribution in [0.4, 0.5) is 0 Å². The normalized spacial score (nSPS) is 15.0. The molecule has 2 aromatic heterocycles. The molecule has 1 N–H and O–H groups in total. The Labute approximate surface area is 112 Å². The Bertz CT molecular complexity index is 627. The van der Waals surface area contributed by atoms with Crippen LogP contribution in [0.15, 0.2) is 9.80 Å². The van der Waals surface area contributed by atoms with Crippen LogP contribution in [0.1, 0.15) is 40.6 Å². The molecule has 3 rings (SSSR count). The van der Waals surface area contributed by atoms with Gasteiger partial charge in [0.05, 0.1) is 10.7 Å². The zero-order chi connectivity index (χ0) is 12.9. The van der Waals surface area contributed by atoms with Crippen molar-refractivity contribution in [2.75, 3.05) is 0 Å². The first-order chi connectivity index (χ1) is 8.58. The predicted octanol–water partition coefficient (Wildman–Crippen LogP) is 3.94. The van der Waals surface area contributed by atoms with Crippen molar-refractivity contribution >= 4 is 28.9 Å². The van der Waals surface area contributed by atoms with Crippen LogP contribution < -0.4 is 0 Å². The molecule has 4 nitrogen and oxygen atoms in total. The number of hydrogen-bond acceptors (Lipinski definition) is 4. The highest BCUT2D eigenvalue weighted by Gasteiger charge is 2.34. The second kappa shape index (κ2) is 4.10. The van der Waals surface area contributed by atoms with Gasteiger partial charge in [-0.25, -0.2) is 9.78 Å². The summed E-state index contributed by atoms with van der Waals surface area (Å²) in [6.45, 7) is 1.89. The quantitative estimate of drug-likeness (QED) is 0.926. The maximum atomic E-state index is 11.1. The highest BCUT2D eigenvalue weighted by atomic mass is 35.5. The fourth-order valence-electron chi connectivity index (χ4n) is 1.79. The third-order valence-corrected chi connectivity index (χ3v) is 4.59. The number of oxazole rings is 1. The van der Waals surface area contributed by atoms with Gasteiger partial charge in [0.2, 0.25) is 11.7 Å². The monoisotopic (exact) mass is 283 g/mol. The highest BCUT2D eigenvalue weighted by molar-refractivity contribution is 7.14. The molecule has 1 fully saturated rings. The van der Waals surface area contributed by atoms with E-state index in [-0.39, 0.29) is 11.7 Å². The lowest BCUT2D eigenvalue weighted by atomic mass is 10.2. The molecule has 1 aliphatic carbocycles. The van der Waals surface area contributed by atoms with E-state index in [1.54, 1.807) is 0 Å². The van der Waals surface area contributed by atoms with E-state index in [4.69, 9.17) is 21.1 Å². The number of carbonyl (C=O) groups is 1. The number of carboxylic acids is 1. The van der Waals surface area contributed by atoms with Crippen LogP contribution >= 0.6 is 22.9 Å². The Morgan fingerprint density at radius 1 is 1.61 bits per heavy atom. The highest BCUT2D eigenvalue weighted by Crippen LogP contribution is 2.44. The number of aromatic carboxylic acids is 1. The molecule has 0 aliphatic heterocycles. The van der Waals surface area contributed by atoms with Crippen molar-refractivity contribution in [2.45, 2.75) is 25.7 Å². The summed E-state index contributed by atoms with van der Waals surface area (Å²) >= 11 is 7.56. The molecule has 2 aromatic rings. The first-order valence-corrected chi connectivity index (χ1v) is 6.81. The summed E-state index contributed by atoms with van der Waals surface area (Å²) < 4.78 is 5.37. The third-order valence-electron chi connectivity index (χ3n) is 2.91. The van der Waals surface area contributed by atoms with Crippen LogP contribution in [0.25, 0.3) is 10.8 Å². The van der Waals surface area contributed by atoms with E-state index in [2.05, 4.69) is 4.98 Å². The molecule has 18 heavy (non-hydrogen) atoms. The number of carboxylic acid groups (broad SMARTS) is 1. The summed E-state index contributed by atoms with van der Waals surface area (Å²) in [6, 6.07) is 0. The Hall–Kier alpha value is -1.33. The number of thiophene rings is 1. The minimum absolute atomic E-state index is 0.0466. The van der Waals surface area contributed by atoms with E-state index in [0.717, 1.165) is 18.4 Å².